The summed E-state index contributed by atoms with van der Waals surface area (Å²) in [6, 6.07) is -4.25. The Morgan fingerprint density at radius 2 is 1.02 bits per heavy atom. The molecule has 0 aromatic heterocycles. The third kappa shape index (κ3) is 12.9. The van der Waals surface area contributed by atoms with E-state index in [2.05, 4.69) is 12.2 Å². The molecule has 0 unspecified atom stereocenters. The van der Waals surface area contributed by atoms with E-state index in [-0.39, 0.29) is 38.4 Å². The Balaban J connectivity index is 1.41. The number of aliphatic hydroxyl groups is 6. The van der Waals surface area contributed by atoms with Gasteiger partial charge in [0.2, 0.25) is 5.91 Å². The summed E-state index contributed by atoms with van der Waals surface area (Å²) in [7, 11) is 0. The summed E-state index contributed by atoms with van der Waals surface area (Å²) in [5.74, 6) is -0.237. The number of hydrogen-bond acceptors (Lipinski definition) is 19. The van der Waals surface area contributed by atoms with E-state index in [9.17, 15) is 35.4 Å². The Hall–Kier alpha value is -1.25. The lowest BCUT2D eigenvalue weighted by Gasteiger charge is -2.47. The van der Waals surface area contributed by atoms with Crippen molar-refractivity contribution in [2.45, 2.75) is 207 Å². The van der Waals surface area contributed by atoms with Crippen LogP contribution in [0.1, 0.15) is 90.4 Å². The van der Waals surface area contributed by atoms with Crippen LogP contribution in [-0.4, -0.2) is 172 Å². The van der Waals surface area contributed by atoms with Crippen molar-refractivity contribution < 1.29 is 63.9 Å². The molecule has 3 aliphatic heterocycles. The Morgan fingerprint density at radius 3 is 1.53 bits per heavy atom. The van der Waals surface area contributed by atoms with Gasteiger partial charge in [-0.25, -0.2) is 0 Å². The maximum absolute atomic E-state index is 13.0. The van der Waals surface area contributed by atoms with Crippen molar-refractivity contribution in [3.05, 3.63) is 0 Å². The fourth-order valence-electron chi connectivity index (χ4n) is 8.01. The number of amides is 1. The number of aliphatic hydroxyl groups excluding tert-OH is 6. The molecule has 20 heteroatoms. The second-order valence-electron chi connectivity index (χ2n) is 16.2. The molecule has 1 amide bonds. The molecule has 0 bridgehead atoms. The SMILES string of the molecule is CCCCCCCCCCCCCC(=O)NC[C@H]1O[C@@H](O[C@@H]2[C@@H](O)[C@H](N)C[C@H](N)[C@H]2O[C@H]2O[C@H](CN)[C@@H](O)[C@H](O)[C@H]2N)[C@H](O)[C@@H]1O[C@H]1O[C@@H](CN)[C@@H](O)[C@H](O)[C@H]1N. The molecular weight excluding hydrogens is 750 g/mol. The average Bonchev–Trinajstić information content (AvgIpc) is 3.48. The third-order valence-corrected chi connectivity index (χ3v) is 11.7. The highest BCUT2D eigenvalue weighted by Crippen LogP contribution is 2.34. The molecule has 0 radical (unpaired) electrons. The van der Waals surface area contributed by atoms with Gasteiger partial charge in [0.05, 0.1) is 18.2 Å². The molecule has 1 saturated carbocycles. The lowest BCUT2D eigenvalue weighted by molar-refractivity contribution is -0.306. The molecule has 3 heterocycles. The third-order valence-electron chi connectivity index (χ3n) is 11.7. The largest absolute Gasteiger partial charge is 0.389 e. The Labute approximate surface area is 335 Å². The Kier molecular flexibility index (Phi) is 20.1. The smallest absolute Gasteiger partial charge is 0.220 e. The van der Waals surface area contributed by atoms with Gasteiger partial charge in [-0.05, 0) is 12.8 Å². The van der Waals surface area contributed by atoms with Crippen molar-refractivity contribution in [1.29, 1.82) is 0 Å². The van der Waals surface area contributed by atoms with Crippen LogP contribution in [0.25, 0.3) is 0 Å². The molecule has 4 rings (SSSR count). The van der Waals surface area contributed by atoms with Gasteiger partial charge < -0.3 is 98.8 Å². The molecule has 3 saturated heterocycles. The van der Waals surface area contributed by atoms with Gasteiger partial charge in [-0.15, -0.1) is 0 Å². The molecule has 4 aliphatic rings. The summed E-state index contributed by atoms with van der Waals surface area (Å²) in [4.78, 5) is 13.0. The normalized spacial score (nSPS) is 42.6. The zero-order chi connectivity index (χ0) is 41.8. The van der Waals surface area contributed by atoms with Gasteiger partial charge in [0.15, 0.2) is 18.9 Å². The number of hydrogen-bond donors (Lipinski definition) is 13. The van der Waals surface area contributed by atoms with Crippen LogP contribution < -0.4 is 39.7 Å². The minimum Gasteiger partial charge on any atom is -0.389 e. The van der Waals surface area contributed by atoms with Gasteiger partial charge in [-0.3, -0.25) is 4.79 Å². The second-order valence-corrected chi connectivity index (χ2v) is 16.2. The number of nitrogens with two attached hydrogens (primary N) is 6. The summed E-state index contributed by atoms with van der Waals surface area (Å²) in [5.41, 5.74) is 36.5. The zero-order valence-corrected chi connectivity index (χ0v) is 33.3. The first-order valence-electron chi connectivity index (χ1n) is 20.9. The minimum atomic E-state index is -1.61. The molecule has 19 atom stereocenters. The lowest BCUT2D eigenvalue weighted by Crippen LogP contribution is -2.68. The summed E-state index contributed by atoms with van der Waals surface area (Å²) < 4.78 is 36.1. The number of ether oxygens (including phenoxy) is 6. The van der Waals surface area contributed by atoms with E-state index in [4.69, 9.17) is 62.8 Å². The van der Waals surface area contributed by atoms with Gasteiger partial charge >= 0.3 is 0 Å². The van der Waals surface area contributed by atoms with E-state index in [1.54, 1.807) is 0 Å². The highest BCUT2D eigenvalue weighted by atomic mass is 16.8. The van der Waals surface area contributed by atoms with Crippen molar-refractivity contribution in [1.82, 2.24) is 5.32 Å². The van der Waals surface area contributed by atoms with Crippen molar-refractivity contribution in [3.63, 3.8) is 0 Å². The van der Waals surface area contributed by atoms with Crippen molar-refractivity contribution in [2.75, 3.05) is 19.6 Å². The summed E-state index contributed by atoms with van der Waals surface area (Å²) in [5, 5.41) is 67.7. The first-order valence-corrected chi connectivity index (χ1v) is 20.9. The average molecular weight is 824 g/mol. The number of carbonyl (C=O) groups excluding carboxylic acids is 1. The van der Waals surface area contributed by atoms with E-state index < -0.39 is 116 Å². The fourth-order valence-corrected chi connectivity index (χ4v) is 8.01. The topological polar surface area (TPSA) is 362 Å². The summed E-state index contributed by atoms with van der Waals surface area (Å²) in [6.45, 7) is 1.74. The van der Waals surface area contributed by atoms with Crippen LogP contribution in [-0.2, 0) is 33.2 Å². The minimum absolute atomic E-state index is 0.0835. The quantitative estimate of drug-likeness (QED) is 0.0462. The maximum atomic E-state index is 13.0. The second kappa shape index (κ2) is 23.7. The molecule has 0 aromatic rings. The van der Waals surface area contributed by atoms with Crippen molar-refractivity contribution in [2.24, 2.45) is 34.4 Å². The van der Waals surface area contributed by atoms with Crippen LogP contribution >= 0.6 is 0 Å². The van der Waals surface area contributed by atoms with E-state index in [1.165, 1.54) is 44.9 Å². The first-order chi connectivity index (χ1) is 27.2. The van der Waals surface area contributed by atoms with Crippen LogP contribution in [0.3, 0.4) is 0 Å². The molecule has 1 aliphatic carbocycles. The molecule has 57 heavy (non-hydrogen) atoms. The van der Waals surface area contributed by atoms with E-state index >= 15 is 0 Å². The first kappa shape index (κ1) is 48.4. The van der Waals surface area contributed by atoms with Gasteiger partial charge in [-0.1, -0.05) is 71.1 Å². The molecule has 334 valence electrons. The Bertz CT molecular complexity index is 1170. The van der Waals surface area contributed by atoms with Gasteiger partial charge in [0.25, 0.3) is 0 Å². The standard InChI is InChI=1S/C37H73N7O13/c1-2-3-4-5-6-7-8-9-10-11-12-13-23(45)44-17-22-33(56-36-25(43)30(50)28(48)21(16-39)53-36)31(51)37(54-22)57-34-26(46)18(40)14-19(41)32(34)55-35-24(42)29(49)27(47)20(15-38)52-35/h18-22,24-37,46-51H,2-17,38-43H2,1H3,(H,44,45)/t18-,19+,20-,21+,22-,24-,25-,26+,27-,28-,29-,30-,31-,32-,33-,34-,35-,36-,37+/m1/s1. The molecule has 0 aromatic carbocycles. The van der Waals surface area contributed by atoms with Gasteiger partial charge in [0, 0.05) is 38.1 Å². The predicted molar refractivity (Wildman–Crippen MR) is 205 cm³/mol. The molecule has 19 N–H and O–H groups in total. The number of rotatable bonds is 22. The lowest BCUT2D eigenvalue weighted by atomic mass is 9.84. The highest BCUT2D eigenvalue weighted by Gasteiger charge is 2.54. The predicted octanol–water partition coefficient (Wildman–Crippen LogP) is -4.07. The monoisotopic (exact) mass is 824 g/mol. The molecular formula is C37H73N7O13. The summed E-state index contributed by atoms with van der Waals surface area (Å²) >= 11 is 0. The van der Waals surface area contributed by atoms with Crippen LogP contribution in [0, 0.1) is 0 Å². The maximum Gasteiger partial charge on any atom is 0.220 e. The van der Waals surface area contributed by atoms with Crippen LogP contribution in [0.15, 0.2) is 0 Å². The van der Waals surface area contributed by atoms with Crippen LogP contribution in [0.5, 0.6) is 0 Å². The van der Waals surface area contributed by atoms with Crippen LogP contribution in [0.4, 0.5) is 0 Å². The number of nitrogens with one attached hydrogen (secondary N) is 1. The molecule has 4 fully saturated rings. The van der Waals surface area contributed by atoms with E-state index in [0.717, 1.165) is 19.3 Å². The number of carbonyl (C=O) groups is 1. The fraction of sp³-hybridized carbons (Fsp3) is 0.973. The van der Waals surface area contributed by atoms with Crippen molar-refractivity contribution in [3.8, 4) is 0 Å². The van der Waals surface area contributed by atoms with Crippen LogP contribution in [0.2, 0.25) is 0 Å². The highest BCUT2D eigenvalue weighted by molar-refractivity contribution is 5.75. The Morgan fingerprint density at radius 1 is 0.561 bits per heavy atom. The zero-order valence-electron chi connectivity index (χ0n) is 33.3. The number of unbranched alkanes of at least 4 members (excludes halogenated alkanes) is 10. The van der Waals surface area contributed by atoms with Gasteiger partial charge in [0.1, 0.15) is 67.1 Å². The van der Waals surface area contributed by atoms with Crippen molar-refractivity contribution >= 4 is 5.91 Å². The molecule has 0 spiro atoms. The van der Waals surface area contributed by atoms with Gasteiger partial charge in [-0.2, -0.15) is 0 Å². The van der Waals surface area contributed by atoms with E-state index in [0.29, 0.717) is 6.42 Å². The van der Waals surface area contributed by atoms with E-state index in [1.807, 2.05) is 0 Å². The summed E-state index contributed by atoms with van der Waals surface area (Å²) in [6.07, 6.45) is -6.97. The molecule has 20 nitrogen and oxygen atoms in total.